The van der Waals surface area contributed by atoms with Gasteiger partial charge in [-0.05, 0) is 31.4 Å². The summed E-state index contributed by atoms with van der Waals surface area (Å²) in [7, 11) is 0. The standard InChI is InChI=1S/C13H14Cl2O4/c14-8-5-10(13(16)17)12(11(15)6-8)19-7-9-3-1-2-4-18-9/h5-6,9H,1-4,7H2,(H,16,17). The van der Waals surface area contributed by atoms with Crippen LogP contribution in [0.5, 0.6) is 5.75 Å². The summed E-state index contributed by atoms with van der Waals surface area (Å²) in [5.74, 6) is -0.975. The lowest BCUT2D eigenvalue weighted by atomic mass is 10.1. The summed E-state index contributed by atoms with van der Waals surface area (Å²) in [4.78, 5) is 11.1. The number of benzene rings is 1. The van der Waals surface area contributed by atoms with Crippen molar-refractivity contribution >= 4 is 29.2 Å². The lowest BCUT2D eigenvalue weighted by Gasteiger charge is -2.23. The summed E-state index contributed by atoms with van der Waals surface area (Å²) >= 11 is 11.8. The van der Waals surface area contributed by atoms with Crippen LogP contribution in [-0.4, -0.2) is 30.4 Å². The predicted octanol–water partition coefficient (Wildman–Crippen LogP) is 3.64. The zero-order chi connectivity index (χ0) is 13.8. The van der Waals surface area contributed by atoms with Gasteiger partial charge in [0.15, 0.2) is 5.75 Å². The molecule has 1 aliphatic rings. The highest BCUT2D eigenvalue weighted by Crippen LogP contribution is 2.33. The Labute approximate surface area is 121 Å². The van der Waals surface area contributed by atoms with Gasteiger partial charge in [-0.3, -0.25) is 0 Å². The topological polar surface area (TPSA) is 55.8 Å². The van der Waals surface area contributed by atoms with Gasteiger partial charge in [0, 0.05) is 11.6 Å². The van der Waals surface area contributed by atoms with Crippen molar-refractivity contribution in [3.8, 4) is 5.75 Å². The summed E-state index contributed by atoms with van der Waals surface area (Å²) in [6.07, 6.45) is 3.04. The molecule has 1 aliphatic heterocycles. The molecule has 1 atom stereocenters. The van der Waals surface area contributed by atoms with E-state index >= 15 is 0 Å². The van der Waals surface area contributed by atoms with Crippen LogP contribution >= 0.6 is 23.2 Å². The molecule has 1 aromatic carbocycles. The number of carboxylic acid groups (broad SMARTS) is 1. The molecular formula is C13H14Cl2O4. The molecular weight excluding hydrogens is 291 g/mol. The van der Waals surface area contributed by atoms with E-state index in [1.54, 1.807) is 0 Å². The van der Waals surface area contributed by atoms with Crippen molar-refractivity contribution in [3.63, 3.8) is 0 Å². The number of hydrogen-bond donors (Lipinski definition) is 1. The largest absolute Gasteiger partial charge is 0.488 e. The van der Waals surface area contributed by atoms with Crippen LogP contribution in [0.2, 0.25) is 10.0 Å². The lowest BCUT2D eigenvalue weighted by molar-refractivity contribution is -0.0113. The van der Waals surface area contributed by atoms with Gasteiger partial charge in [-0.1, -0.05) is 23.2 Å². The van der Waals surface area contributed by atoms with Crippen molar-refractivity contribution in [2.45, 2.75) is 25.4 Å². The fraction of sp³-hybridized carbons (Fsp3) is 0.462. The minimum Gasteiger partial charge on any atom is -0.488 e. The van der Waals surface area contributed by atoms with Crippen LogP contribution in [0.1, 0.15) is 29.6 Å². The quantitative estimate of drug-likeness (QED) is 0.922. The van der Waals surface area contributed by atoms with Crippen LogP contribution < -0.4 is 4.74 Å². The molecule has 104 valence electrons. The Morgan fingerprint density at radius 2 is 2.21 bits per heavy atom. The van der Waals surface area contributed by atoms with Gasteiger partial charge in [0.2, 0.25) is 0 Å². The van der Waals surface area contributed by atoms with E-state index in [0.717, 1.165) is 19.3 Å². The van der Waals surface area contributed by atoms with Crippen molar-refractivity contribution < 1.29 is 19.4 Å². The van der Waals surface area contributed by atoms with Crippen LogP contribution in [0.3, 0.4) is 0 Å². The molecule has 2 rings (SSSR count). The number of rotatable bonds is 4. The van der Waals surface area contributed by atoms with Crippen molar-refractivity contribution in [1.29, 1.82) is 0 Å². The molecule has 0 aliphatic carbocycles. The number of hydrogen-bond acceptors (Lipinski definition) is 3. The van der Waals surface area contributed by atoms with E-state index in [-0.39, 0.29) is 27.5 Å². The van der Waals surface area contributed by atoms with Gasteiger partial charge in [0.25, 0.3) is 0 Å². The molecule has 1 heterocycles. The van der Waals surface area contributed by atoms with E-state index in [0.29, 0.717) is 13.2 Å². The summed E-state index contributed by atoms with van der Waals surface area (Å²) in [6.45, 7) is 1.01. The van der Waals surface area contributed by atoms with Crippen LogP contribution in [0, 0.1) is 0 Å². The van der Waals surface area contributed by atoms with Crippen LogP contribution in [0.4, 0.5) is 0 Å². The zero-order valence-electron chi connectivity index (χ0n) is 10.2. The molecule has 19 heavy (non-hydrogen) atoms. The first-order valence-electron chi connectivity index (χ1n) is 6.04. The fourth-order valence-electron chi connectivity index (χ4n) is 1.98. The summed E-state index contributed by atoms with van der Waals surface area (Å²) in [5, 5.41) is 9.59. The molecule has 1 N–H and O–H groups in total. The smallest absolute Gasteiger partial charge is 0.339 e. The first-order chi connectivity index (χ1) is 9.08. The Bertz CT molecular complexity index is 470. The number of ether oxygens (including phenoxy) is 2. The van der Waals surface area contributed by atoms with Gasteiger partial charge in [-0.25, -0.2) is 4.79 Å². The van der Waals surface area contributed by atoms with Gasteiger partial charge in [0.1, 0.15) is 12.2 Å². The maximum absolute atomic E-state index is 11.1. The normalized spacial score (nSPS) is 19.2. The third-order valence-electron chi connectivity index (χ3n) is 2.93. The van der Waals surface area contributed by atoms with Crippen molar-refractivity contribution in [3.05, 3.63) is 27.7 Å². The molecule has 6 heteroatoms. The third kappa shape index (κ3) is 3.75. The monoisotopic (exact) mass is 304 g/mol. The molecule has 1 fully saturated rings. The van der Waals surface area contributed by atoms with Gasteiger partial charge in [-0.15, -0.1) is 0 Å². The van der Waals surface area contributed by atoms with E-state index in [4.69, 9.17) is 37.8 Å². The summed E-state index contributed by atoms with van der Waals surface area (Å²) in [5.41, 5.74) is -0.0340. The molecule has 1 unspecified atom stereocenters. The van der Waals surface area contributed by atoms with E-state index in [9.17, 15) is 4.79 Å². The summed E-state index contributed by atoms with van der Waals surface area (Å²) < 4.78 is 11.0. The van der Waals surface area contributed by atoms with Gasteiger partial charge in [0.05, 0.1) is 11.1 Å². The van der Waals surface area contributed by atoms with E-state index in [1.165, 1.54) is 12.1 Å². The second-order valence-corrected chi connectivity index (χ2v) is 5.21. The highest BCUT2D eigenvalue weighted by atomic mass is 35.5. The minimum atomic E-state index is -1.12. The molecule has 1 saturated heterocycles. The van der Waals surface area contributed by atoms with Crippen LogP contribution in [0.15, 0.2) is 12.1 Å². The third-order valence-corrected chi connectivity index (χ3v) is 3.43. The first kappa shape index (κ1) is 14.4. The van der Waals surface area contributed by atoms with E-state index < -0.39 is 5.97 Å². The number of halogens is 2. The van der Waals surface area contributed by atoms with Crippen molar-refractivity contribution in [2.75, 3.05) is 13.2 Å². The highest BCUT2D eigenvalue weighted by Gasteiger charge is 2.20. The van der Waals surface area contributed by atoms with Gasteiger partial charge >= 0.3 is 5.97 Å². The maximum atomic E-state index is 11.1. The molecule has 0 aromatic heterocycles. The van der Waals surface area contributed by atoms with Crippen molar-refractivity contribution in [2.24, 2.45) is 0 Å². The Kier molecular flexibility index (Phi) is 4.91. The molecule has 0 saturated carbocycles. The lowest BCUT2D eigenvalue weighted by Crippen LogP contribution is -2.26. The van der Waals surface area contributed by atoms with Gasteiger partial charge in [-0.2, -0.15) is 0 Å². The van der Waals surface area contributed by atoms with Crippen LogP contribution in [0.25, 0.3) is 0 Å². The Morgan fingerprint density at radius 3 is 2.84 bits per heavy atom. The Balaban J connectivity index is 2.12. The van der Waals surface area contributed by atoms with Crippen LogP contribution in [-0.2, 0) is 4.74 Å². The number of aromatic carboxylic acids is 1. The van der Waals surface area contributed by atoms with E-state index in [2.05, 4.69) is 0 Å². The van der Waals surface area contributed by atoms with E-state index in [1.807, 2.05) is 0 Å². The average Bonchev–Trinajstić information content (AvgIpc) is 2.38. The molecule has 1 aromatic rings. The fourth-order valence-corrected chi connectivity index (χ4v) is 2.53. The predicted molar refractivity (Wildman–Crippen MR) is 72.5 cm³/mol. The Hall–Kier alpha value is -0.970. The molecule has 4 nitrogen and oxygen atoms in total. The molecule has 0 radical (unpaired) electrons. The number of carbonyl (C=O) groups is 1. The SMILES string of the molecule is O=C(O)c1cc(Cl)cc(Cl)c1OCC1CCCCO1. The zero-order valence-corrected chi connectivity index (χ0v) is 11.7. The average molecular weight is 305 g/mol. The molecule has 0 bridgehead atoms. The first-order valence-corrected chi connectivity index (χ1v) is 6.80. The minimum absolute atomic E-state index is 0.0119. The maximum Gasteiger partial charge on any atom is 0.339 e. The van der Waals surface area contributed by atoms with Crippen molar-refractivity contribution in [1.82, 2.24) is 0 Å². The highest BCUT2D eigenvalue weighted by molar-refractivity contribution is 6.36. The number of carboxylic acids is 1. The molecule has 0 amide bonds. The van der Waals surface area contributed by atoms with Gasteiger partial charge < -0.3 is 14.6 Å². The Morgan fingerprint density at radius 1 is 1.42 bits per heavy atom. The summed E-state index contributed by atoms with van der Waals surface area (Å²) in [6, 6.07) is 2.79. The second kappa shape index (κ2) is 6.46. The second-order valence-electron chi connectivity index (χ2n) is 4.37. The molecule has 0 spiro atoms.